The fourth-order valence-corrected chi connectivity index (χ4v) is 3.58. The van der Waals surface area contributed by atoms with Gasteiger partial charge in [0.1, 0.15) is 11.6 Å². The van der Waals surface area contributed by atoms with Gasteiger partial charge in [-0.2, -0.15) is 5.26 Å². The van der Waals surface area contributed by atoms with Crippen LogP contribution in [0.3, 0.4) is 0 Å². The van der Waals surface area contributed by atoms with Gasteiger partial charge in [0.05, 0.1) is 5.69 Å². The summed E-state index contributed by atoms with van der Waals surface area (Å²) in [5.41, 5.74) is 2.17. The lowest BCUT2D eigenvalue weighted by Crippen LogP contribution is -2.32. The van der Waals surface area contributed by atoms with Gasteiger partial charge in [-0.25, -0.2) is 4.98 Å². The Hall–Kier alpha value is -2.10. The van der Waals surface area contributed by atoms with Gasteiger partial charge in [-0.1, -0.05) is 43.0 Å². The molecule has 1 aliphatic heterocycles. The number of H-pyrrole nitrogens is 1. The van der Waals surface area contributed by atoms with Crippen molar-refractivity contribution in [2.75, 3.05) is 19.3 Å². The maximum Gasteiger partial charge on any atom is 0.270 e. The van der Waals surface area contributed by atoms with Crippen LogP contribution in [0, 0.1) is 17.2 Å². The summed E-state index contributed by atoms with van der Waals surface area (Å²) in [7, 11) is 0. The van der Waals surface area contributed by atoms with Gasteiger partial charge in [0.25, 0.3) is 5.56 Å². The van der Waals surface area contributed by atoms with E-state index in [9.17, 15) is 10.1 Å². The number of hydrogen-bond acceptors (Lipinski definition) is 5. The van der Waals surface area contributed by atoms with E-state index in [1.54, 1.807) is 0 Å². The molecule has 0 atom stereocenters. The Balaban J connectivity index is 2.00. The zero-order valence-corrected chi connectivity index (χ0v) is 15.4. The summed E-state index contributed by atoms with van der Waals surface area (Å²) in [6.45, 7) is 5.28. The van der Waals surface area contributed by atoms with Crippen molar-refractivity contribution in [2.45, 2.75) is 31.5 Å². The molecule has 1 aromatic heterocycles. The molecular weight excluding hydrogens is 332 g/mol. The monoisotopic (exact) mass is 354 g/mol. The molecule has 25 heavy (non-hydrogen) atoms. The predicted molar refractivity (Wildman–Crippen MR) is 100 cm³/mol. The van der Waals surface area contributed by atoms with Crippen LogP contribution in [0.1, 0.15) is 30.9 Å². The van der Waals surface area contributed by atoms with E-state index < -0.39 is 0 Å². The normalized spacial score (nSPS) is 15.9. The third kappa shape index (κ3) is 3.94. The van der Waals surface area contributed by atoms with Gasteiger partial charge in [-0.3, -0.25) is 9.69 Å². The fourth-order valence-electron chi connectivity index (χ4n) is 3.20. The van der Waals surface area contributed by atoms with Gasteiger partial charge in [-0.15, -0.1) is 0 Å². The summed E-state index contributed by atoms with van der Waals surface area (Å²) in [6, 6.07) is 9.97. The van der Waals surface area contributed by atoms with Crippen molar-refractivity contribution in [3.63, 3.8) is 0 Å². The average molecular weight is 354 g/mol. The predicted octanol–water partition coefficient (Wildman–Crippen LogP) is 3.26. The molecule has 0 unspecified atom stereocenters. The summed E-state index contributed by atoms with van der Waals surface area (Å²) in [5, 5.41) is 9.97. The van der Waals surface area contributed by atoms with Gasteiger partial charge < -0.3 is 4.98 Å². The highest BCUT2D eigenvalue weighted by molar-refractivity contribution is 7.98. The molecule has 0 spiro atoms. The molecular formula is C19H22N4OS. The first-order chi connectivity index (χ1) is 12.1. The molecule has 2 heterocycles. The fraction of sp³-hybridized carbons (Fsp3) is 0.421. The van der Waals surface area contributed by atoms with Crippen molar-refractivity contribution in [1.82, 2.24) is 14.9 Å². The van der Waals surface area contributed by atoms with Crippen LogP contribution < -0.4 is 5.56 Å². The minimum atomic E-state index is -0.376. The Bertz CT molecular complexity index is 847. The Labute approximate surface area is 152 Å². The number of hydrogen-bond donors (Lipinski definition) is 1. The molecule has 0 amide bonds. The van der Waals surface area contributed by atoms with Gasteiger partial charge in [0.15, 0.2) is 5.16 Å². The topological polar surface area (TPSA) is 72.8 Å². The second-order valence-electron chi connectivity index (χ2n) is 6.53. The molecule has 0 bridgehead atoms. The molecule has 1 aromatic carbocycles. The van der Waals surface area contributed by atoms with E-state index in [-0.39, 0.29) is 11.1 Å². The molecule has 3 rings (SSSR count). The highest BCUT2D eigenvalue weighted by atomic mass is 32.2. The summed E-state index contributed by atoms with van der Waals surface area (Å²) >= 11 is 1.37. The lowest BCUT2D eigenvalue weighted by molar-refractivity contribution is 0.185. The quantitative estimate of drug-likeness (QED) is 0.674. The highest BCUT2D eigenvalue weighted by Gasteiger charge is 2.20. The number of thioether (sulfide) groups is 1. The Kier molecular flexibility index (Phi) is 5.57. The van der Waals surface area contributed by atoms with Gasteiger partial charge in [0.2, 0.25) is 0 Å². The van der Waals surface area contributed by atoms with Crippen molar-refractivity contribution in [2.24, 2.45) is 5.92 Å². The van der Waals surface area contributed by atoms with Crippen LogP contribution in [0.15, 0.2) is 34.2 Å². The summed E-state index contributed by atoms with van der Waals surface area (Å²) in [4.78, 5) is 21.8. The van der Waals surface area contributed by atoms with E-state index in [4.69, 9.17) is 0 Å². The number of piperidine rings is 1. The van der Waals surface area contributed by atoms with Crippen LogP contribution in [0.2, 0.25) is 0 Å². The average Bonchev–Trinajstić information content (AvgIpc) is 2.63. The molecule has 130 valence electrons. The van der Waals surface area contributed by atoms with Crippen LogP contribution in [-0.4, -0.2) is 34.2 Å². The maximum absolute atomic E-state index is 12.2. The molecule has 1 fully saturated rings. The smallest absolute Gasteiger partial charge is 0.270 e. The van der Waals surface area contributed by atoms with E-state index in [1.165, 1.54) is 24.6 Å². The molecule has 5 nitrogen and oxygen atoms in total. The van der Waals surface area contributed by atoms with Crippen molar-refractivity contribution < 1.29 is 0 Å². The molecule has 1 N–H and O–H groups in total. The third-order valence-electron chi connectivity index (χ3n) is 4.75. The zero-order chi connectivity index (χ0) is 17.8. The number of likely N-dealkylation sites (tertiary alicyclic amines) is 1. The Morgan fingerprint density at radius 2 is 2.08 bits per heavy atom. The molecule has 1 saturated heterocycles. The number of nitrogens with one attached hydrogen (secondary N) is 1. The van der Waals surface area contributed by atoms with Crippen molar-refractivity contribution in [1.29, 1.82) is 5.26 Å². The molecule has 0 aliphatic carbocycles. The highest BCUT2D eigenvalue weighted by Crippen LogP contribution is 2.27. The van der Waals surface area contributed by atoms with Crippen LogP contribution >= 0.6 is 11.8 Å². The van der Waals surface area contributed by atoms with Crippen LogP contribution in [0.4, 0.5) is 0 Å². The van der Waals surface area contributed by atoms with E-state index >= 15 is 0 Å². The first-order valence-corrected chi connectivity index (χ1v) is 9.74. The maximum atomic E-state index is 12.2. The number of rotatable bonds is 4. The van der Waals surface area contributed by atoms with E-state index in [0.717, 1.165) is 36.7 Å². The van der Waals surface area contributed by atoms with E-state index in [1.807, 2.05) is 30.5 Å². The summed E-state index contributed by atoms with van der Waals surface area (Å²) < 4.78 is 0. The number of benzene rings is 1. The molecule has 6 heteroatoms. The first kappa shape index (κ1) is 17.7. The number of nitriles is 1. The standard InChI is InChI=1S/C19H22N4OS/c1-13-7-9-23(10-8-13)12-14-5-3-4-6-15(14)17-16(11-20)18(24)22-19(21-17)25-2/h3-6,13H,7-10,12H2,1-2H3,(H,21,22,24). The molecule has 2 aromatic rings. The van der Waals surface area contributed by atoms with E-state index in [0.29, 0.717) is 10.9 Å². The number of aromatic amines is 1. The van der Waals surface area contributed by atoms with Gasteiger partial charge in [0, 0.05) is 12.1 Å². The minimum absolute atomic E-state index is 0.0810. The lowest BCUT2D eigenvalue weighted by atomic mass is 9.97. The van der Waals surface area contributed by atoms with Crippen LogP contribution in [0.5, 0.6) is 0 Å². The number of aromatic nitrogens is 2. The number of nitrogens with zero attached hydrogens (tertiary/aromatic N) is 3. The first-order valence-electron chi connectivity index (χ1n) is 8.51. The second kappa shape index (κ2) is 7.85. The van der Waals surface area contributed by atoms with Crippen molar-refractivity contribution >= 4 is 11.8 Å². The molecule has 1 aliphatic rings. The molecule has 0 radical (unpaired) electrons. The SMILES string of the molecule is CSc1nc(-c2ccccc2CN2CCC(C)CC2)c(C#N)c(=O)[nH]1. The second-order valence-corrected chi connectivity index (χ2v) is 7.32. The Morgan fingerprint density at radius 1 is 1.36 bits per heavy atom. The third-order valence-corrected chi connectivity index (χ3v) is 5.33. The minimum Gasteiger partial charge on any atom is -0.300 e. The molecule has 0 saturated carbocycles. The lowest BCUT2D eigenvalue weighted by Gasteiger charge is -2.30. The van der Waals surface area contributed by atoms with Crippen molar-refractivity contribution in [3.05, 3.63) is 45.7 Å². The summed E-state index contributed by atoms with van der Waals surface area (Å²) in [6.07, 6.45) is 4.28. The van der Waals surface area contributed by atoms with Crippen LogP contribution in [-0.2, 0) is 6.54 Å². The van der Waals surface area contributed by atoms with E-state index in [2.05, 4.69) is 27.9 Å². The zero-order valence-electron chi connectivity index (χ0n) is 14.6. The van der Waals surface area contributed by atoms with Crippen molar-refractivity contribution in [3.8, 4) is 17.3 Å². The van der Waals surface area contributed by atoms with Gasteiger partial charge >= 0.3 is 0 Å². The largest absolute Gasteiger partial charge is 0.300 e. The summed E-state index contributed by atoms with van der Waals surface area (Å²) in [5.74, 6) is 0.787. The Morgan fingerprint density at radius 3 is 2.76 bits per heavy atom. The van der Waals surface area contributed by atoms with Crippen LogP contribution in [0.25, 0.3) is 11.3 Å². The van der Waals surface area contributed by atoms with Gasteiger partial charge in [-0.05, 0) is 43.7 Å².